The molecule has 2 rings (SSSR count). The molecule has 1 fully saturated rings. The van der Waals surface area contributed by atoms with Gasteiger partial charge in [0, 0.05) is 25.7 Å². The number of aliphatic hydroxyl groups is 1. The molecule has 0 spiro atoms. The molecule has 1 unspecified atom stereocenters. The molecule has 1 aromatic carbocycles. The van der Waals surface area contributed by atoms with E-state index in [1.165, 1.54) is 30.5 Å². The lowest BCUT2D eigenvalue weighted by molar-refractivity contribution is 0.177. The van der Waals surface area contributed by atoms with E-state index in [1.807, 2.05) is 0 Å². The molecule has 3 nitrogen and oxygen atoms in total. The van der Waals surface area contributed by atoms with Gasteiger partial charge >= 0.3 is 0 Å². The van der Waals surface area contributed by atoms with Crippen LogP contribution in [0.25, 0.3) is 0 Å². The Hall–Kier alpha value is -0.900. The van der Waals surface area contributed by atoms with E-state index in [4.69, 9.17) is 5.11 Å². The van der Waals surface area contributed by atoms with Crippen LogP contribution in [0.3, 0.4) is 0 Å². The first-order valence-corrected chi connectivity index (χ1v) is 6.90. The minimum Gasteiger partial charge on any atom is -0.395 e. The summed E-state index contributed by atoms with van der Waals surface area (Å²) in [6, 6.07) is 9.35. The minimum absolute atomic E-state index is 0.231. The van der Waals surface area contributed by atoms with E-state index in [0.717, 1.165) is 13.1 Å². The molecule has 0 aliphatic carbocycles. The number of hydrogen-bond donors (Lipinski definition) is 2. The van der Waals surface area contributed by atoms with Crippen molar-refractivity contribution >= 4 is 0 Å². The van der Waals surface area contributed by atoms with Crippen molar-refractivity contribution < 1.29 is 5.11 Å². The van der Waals surface area contributed by atoms with Gasteiger partial charge in [0.05, 0.1) is 6.61 Å². The predicted molar refractivity (Wildman–Crippen MR) is 74.6 cm³/mol. The summed E-state index contributed by atoms with van der Waals surface area (Å²) in [5.41, 5.74) is 2.71. The highest BCUT2D eigenvalue weighted by molar-refractivity contribution is 5.21. The molecule has 2 N–H and O–H groups in total. The predicted octanol–water partition coefficient (Wildman–Crippen LogP) is 1.54. The molecule has 3 heteroatoms. The number of nitrogens with zero attached hydrogens (tertiary/aromatic N) is 1. The van der Waals surface area contributed by atoms with Gasteiger partial charge in [0.1, 0.15) is 0 Å². The molecule has 1 aromatic rings. The average Bonchev–Trinajstić information content (AvgIpc) is 2.40. The van der Waals surface area contributed by atoms with Crippen molar-refractivity contribution in [2.45, 2.75) is 32.4 Å². The van der Waals surface area contributed by atoms with Crippen LogP contribution in [-0.2, 0) is 6.54 Å². The smallest absolute Gasteiger partial charge is 0.0556 e. The highest BCUT2D eigenvalue weighted by Gasteiger charge is 2.18. The molecule has 0 bridgehead atoms. The van der Waals surface area contributed by atoms with Crippen LogP contribution >= 0.6 is 0 Å². The van der Waals surface area contributed by atoms with Gasteiger partial charge in [-0.05, 0) is 31.9 Å². The van der Waals surface area contributed by atoms with Crippen molar-refractivity contribution in [2.24, 2.45) is 0 Å². The first-order valence-electron chi connectivity index (χ1n) is 6.90. The normalized spacial score (nSPS) is 21.1. The number of aryl methyl sites for hydroxylation is 1. The fourth-order valence-corrected chi connectivity index (χ4v) is 2.59. The molecule has 100 valence electrons. The van der Waals surface area contributed by atoms with Gasteiger partial charge in [0.2, 0.25) is 0 Å². The van der Waals surface area contributed by atoms with Crippen molar-refractivity contribution in [3.8, 4) is 0 Å². The second kappa shape index (κ2) is 6.88. The number of likely N-dealkylation sites (tertiary alicyclic amines) is 1. The maximum atomic E-state index is 8.85. The van der Waals surface area contributed by atoms with E-state index >= 15 is 0 Å². The van der Waals surface area contributed by atoms with Crippen LogP contribution in [0.5, 0.6) is 0 Å². The van der Waals surface area contributed by atoms with E-state index in [1.54, 1.807) is 0 Å². The second-order valence-corrected chi connectivity index (χ2v) is 5.24. The van der Waals surface area contributed by atoms with Crippen molar-refractivity contribution in [3.63, 3.8) is 0 Å². The first kappa shape index (κ1) is 13.5. The van der Waals surface area contributed by atoms with Gasteiger partial charge < -0.3 is 10.4 Å². The lowest BCUT2D eigenvalue weighted by atomic mass is 10.0. The summed E-state index contributed by atoms with van der Waals surface area (Å²) < 4.78 is 0. The summed E-state index contributed by atoms with van der Waals surface area (Å²) in [7, 11) is 0. The first-order chi connectivity index (χ1) is 8.78. The minimum atomic E-state index is 0.231. The van der Waals surface area contributed by atoms with Crippen LogP contribution < -0.4 is 5.32 Å². The van der Waals surface area contributed by atoms with E-state index in [2.05, 4.69) is 41.4 Å². The Balaban J connectivity index is 1.83. The maximum absolute atomic E-state index is 8.85. The lowest BCUT2D eigenvalue weighted by Crippen LogP contribution is -2.46. The molecule has 0 radical (unpaired) electrons. The van der Waals surface area contributed by atoms with E-state index in [9.17, 15) is 0 Å². The summed E-state index contributed by atoms with van der Waals surface area (Å²) >= 11 is 0. The number of benzene rings is 1. The molecule has 1 aliphatic rings. The highest BCUT2D eigenvalue weighted by Crippen LogP contribution is 2.14. The standard InChI is InChI=1S/C15H24N2O/c1-13-4-6-14(7-5-13)11-17-9-2-3-15(12-17)16-8-10-18/h4-7,15-16,18H,2-3,8-12H2,1H3. The third kappa shape index (κ3) is 4.09. The second-order valence-electron chi connectivity index (χ2n) is 5.24. The van der Waals surface area contributed by atoms with Crippen LogP contribution in [0.1, 0.15) is 24.0 Å². The van der Waals surface area contributed by atoms with Crippen LogP contribution in [0.4, 0.5) is 0 Å². The number of aliphatic hydroxyl groups excluding tert-OH is 1. The molecule has 1 saturated heterocycles. The zero-order valence-electron chi connectivity index (χ0n) is 11.2. The van der Waals surface area contributed by atoms with Gasteiger partial charge in [0.25, 0.3) is 0 Å². The van der Waals surface area contributed by atoms with Crippen LogP contribution in [-0.4, -0.2) is 42.3 Å². The molecular formula is C15H24N2O. The summed E-state index contributed by atoms with van der Waals surface area (Å²) in [5, 5.41) is 12.3. The Morgan fingerprint density at radius 2 is 2.11 bits per heavy atom. The number of rotatable bonds is 5. The van der Waals surface area contributed by atoms with E-state index < -0.39 is 0 Å². The zero-order valence-corrected chi connectivity index (χ0v) is 11.2. The fraction of sp³-hybridized carbons (Fsp3) is 0.600. The largest absolute Gasteiger partial charge is 0.395 e. The number of hydrogen-bond acceptors (Lipinski definition) is 3. The molecule has 1 atom stereocenters. The summed E-state index contributed by atoms with van der Waals surface area (Å²) in [4.78, 5) is 2.50. The van der Waals surface area contributed by atoms with Gasteiger partial charge in [-0.1, -0.05) is 29.8 Å². The van der Waals surface area contributed by atoms with Gasteiger partial charge in [-0.3, -0.25) is 4.90 Å². The lowest BCUT2D eigenvalue weighted by Gasteiger charge is -2.33. The van der Waals surface area contributed by atoms with Gasteiger partial charge in [0.15, 0.2) is 0 Å². The Kier molecular flexibility index (Phi) is 5.17. The number of piperidine rings is 1. The fourth-order valence-electron chi connectivity index (χ4n) is 2.59. The molecule has 0 saturated carbocycles. The van der Waals surface area contributed by atoms with Crippen LogP contribution in [0.2, 0.25) is 0 Å². The third-order valence-electron chi connectivity index (χ3n) is 3.58. The SMILES string of the molecule is Cc1ccc(CN2CCCC(NCCO)C2)cc1. The van der Waals surface area contributed by atoms with Gasteiger partial charge in [-0.25, -0.2) is 0 Å². The number of nitrogens with one attached hydrogen (secondary N) is 1. The van der Waals surface area contributed by atoms with Gasteiger partial charge in [-0.2, -0.15) is 0 Å². The summed E-state index contributed by atoms with van der Waals surface area (Å²) in [6.45, 7) is 6.38. The Labute approximate surface area is 110 Å². The Bertz CT molecular complexity index is 350. The zero-order chi connectivity index (χ0) is 12.8. The summed E-state index contributed by atoms with van der Waals surface area (Å²) in [6.07, 6.45) is 2.47. The van der Waals surface area contributed by atoms with Gasteiger partial charge in [-0.15, -0.1) is 0 Å². The highest BCUT2D eigenvalue weighted by atomic mass is 16.3. The van der Waals surface area contributed by atoms with Crippen LogP contribution in [0, 0.1) is 6.92 Å². The molecular weight excluding hydrogens is 224 g/mol. The van der Waals surface area contributed by atoms with Crippen molar-refractivity contribution in [1.82, 2.24) is 10.2 Å². The third-order valence-corrected chi connectivity index (χ3v) is 3.58. The molecule has 18 heavy (non-hydrogen) atoms. The van der Waals surface area contributed by atoms with Crippen LogP contribution in [0.15, 0.2) is 24.3 Å². The molecule has 0 aromatic heterocycles. The van der Waals surface area contributed by atoms with Crippen molar-refractivity contribution in [1.29, 1.82) is 0 Å². The van der Waals surface area contributed by atoms with E-state index in [0.29, 0.717) is 12.6 Å². The molecule has 0 amide bonds. The average molecular weight is 248 g/mol. The Morgan fingerprint density at radius 3 is 2.83 bits per heavy atom. The maximum Gasteiger partial charge on any atom is 0.0556 e. The van der Waals surface area contributed by atoms with Crippen molar-refractivity contribution in [3.05, 3.63) is 35.4 Å². The summed E-state index contributed by atoms with van der Waals surface area (Å²) in [5.74, 6) is 0. The van der Waals surface area contributed by atoms with Crippen molar-refractivity contribution in [2.75, 3.05) is 26.2 Å². The quantitative estimate of drug-likeness (QED) is 0.830. The monoisotopic (exact) mass is 248 g/mol. The molecule has 1 aliphatic heterocycles. The topological polar surface area (TPSA) is 35.5 Å². The molecule has 1 heterocycles. The van der Waals surface area contributed by atoms with E-state index in [-0.39, 0.29) is 6.61 Å². The Morgan fingerprint density at radius 1 is 1.33 bits per heavy atom.